The highest BCUT2D eigenvalue weighted by Crippen LogP contribution is 2.23. The van der Waals surface area contributed by atoms with E-state index >= 15 is 0 Å². The van der Waals surface area contributed by atoms with Gasteiger partial charge in [-0.05, 0) is 44.1 Å². The lowest BCUT2D eigenvalue weighted by Crippen LogP contribution is -2.45. The average molecular weight is 329 g/mol. The largest absolute Gasteiger partial charge is 0.344 e. The van der Waals surface area contributed by atoms with Crippen molar-refractivity contribution in [2.45, 2.75) is 31.7 Å². The van der Waals surface area contributed by atoms with Crippen LogP contribution in [0.3, 0.4) is 0 Å². The van der Waals surface area contributed by atoms with Crippen molar-refractivity contribution in [3.8, 4) is 0 Å². The fourth-order valence-corrected chi connectivity index (χ4v) is 3.07. The van der Waals surface area contributed by atoms with Crippen LogP contribution < -0.4 is 0 Å². The number of likely N-dealkylation sites (tertiary alicyclic amines) is 1. The molecule has 0 spiro atoms. The number of rotatable bonds is 4. The van der Waals surface area contributed by atoms with Gasteiger partial charge in [-0.25, -0.2) is 0 Å². The van der Waals surface area contributed by atoms with Crippen molar-refractivity contribution in [2.75, 3.05) is 27.2 Å². The minimum atomic E-state index is 0.118. The molecule has 2 rings (SSSR count). The molecule has 5 heteroatoms. The van der Waals surface area contributed by atoms with Gasteiger partial charge in [0.1, 0.15) is 0 Å². The van der Waals surface area contributed by atoms with Crippen LogP contribution in [0.1, 0.15) is 24.8 Å². The minimum Gasteiger partial charge on any atom is -0.344 e. The Labute approximate surface area is 136 Å². The molecule has 1 aromatic rings. The molecule has 0 bridgehead atoms. The van der Waals surface area contributed by atoms with Gasteiger partial charge in [-0.3, -0.25) is 4.79 Å². The van der Waals surface area contributed by atoms with E-state index in [2.05, 4.69) is 11.9 Å². The molecule has 0 aliphatic carbocycles. The zero-order valence-corrected chi connectivity index (χ0v) is 14.1. The van der Waals surface area contributed by atoms with Crippen LogP contribution in [-0.2, 0) is 11.2 Å². The Morgan fingerprint density at radius 1 is 1.33 bits per heavy atom. The van der Waals surface area contributed by atoms with Gasteiger partial charge in [0.15, 0.2) is 0 Å². The fourth-order valence-electron chi connectivity index (χ4n) is 2.75. The second-order valence-electron chi connectivity index (χ2n) is 5.83. The molecule has 116 valence electrons. The third-order valence-electron chi connectivity index (χ3n) is 4.17. The first-order chi connectivity index (χ1) is 9.97. The number of halogens is 2. The van der Waals surface area contributed by atoms with Crippen LogP contribution in [0.2, 0.25) is 10.0 Å². The van der Waals surface area contributed by atoms with E-state index < -0.39 is 0 Å². The maximum absolute atomic E-state index is 12.3. The highest BCUT2D eigenvalue weighted by Gasteiger charge is 2.22. The van der Waals surface area contributed by atoms with E-state index in [-0.39, 0.29) is 5.91 Å². The predicted octanol–water partition coefficient (Wildman–Crippen LogP) is 3.48. The first-order valence-electron chi connectivity index (χ1n) is 7.35. The summed E-state index contributed by atoms with van der Waals surface area (Å²) in [4.78, 5) is 16.5. The SMILES string of the molecule is CN(C[C@@H]1CCCCN1C)C(=O)Cc1ccc(Cl)c(Cl)c1. The predicted molar refractivity (Wildman–Crippen MR) is 88.1 cm³/mol. The maximum atomic E-state index is 12.3. The van der Waals surface area contributed by atoms with Crippen LogP contribution in [0.4, 0.5) is 0 Å². The maximum Gasteiger partial charge on any atom is 0.226 e. The molecule has 1 amide bonds. The molecule has 1 atom stereocenters. The second-order valence-corrected chi connectivity index (χ2v) is 6.64. The van der Waals surface area contributed by atoms with E-state index in [1.54, 1.807) is 12.1 Å². The lowest BCUT2D eigenvalue weighted by molar-refractivity contribution is -0.130. The fraction of sp³-hybridized carbons (Fsp3) is 0.562. The summed E-state index contributed by atoms with van der Waals surface area (Å²) < 4.78 is 0. The topological polar surface area (TPSA) is 23.6 Å². The summed E-state index contributed by atoms with van der Waals surface area (Å²) in [5.41, 5.74) is 0.901. The molecule has 1 aliphatic heterocycles. The number of piperidine rings is 1. The Hall–Kier alpha value is -0.770. The number of likely N-dealkylation sites (N-methyl/N-ethyl adjacent to an activating group) is 2. The van der Waals surface area contributed by atoms with Crippen molar-refractivity contribution in [2.24, 2.45) is 0 Å². The van der Waals surface area contributed by atoms with Crippen LogP contribution in [0.5, 0.6) is 0 Å². The van der Waals surface area contributed by atoms with Crippen LogP contribution in [0.15, 0.2) is 18.2 Å². The molecular formula is C16H22Cl2N2O. The van der Waals surface area contributed by atoms with Crippen LogP contribution in [0, 0.1) is 0 Å². The Morgan fingerprint density at radius 3 is 2.76 bits per heavy atom. The van der Waals surface area contributed by atoms with E-state index in [1.807, 2.05) is 18.0 Å². The highest BCUT2D eigenvalue weighted by molar-refractivity contribution is 6.42. The Balaban J connectivity index is 1.91. The lowest BCUT2D eigenvalue weighted by atomic mass is 10.0. The normalized spacial score (nSPS) is 19.5. The average Bonchev–Trinajstić information content (AvgIpc) is 2.45. The zero-order valence-electron chi connectivity index (χ0n) is 12.6. The molecule has 21 heavy (non-hydrogen) atoms. The monoisotopic (exact) mass is 328 g/mol. The number of hydrogen-bond donors (Lipinski definition) is 0. The summed E-state index contributed by atoms with van der Waals surface area (Å²) in [6, 6.07) is 5.83. The first kappa shape index (κ1) is 16.6. The van der Waals surface area contributed by atoms with E-state index in [9.17, 15) is 4.79 Å². The molecule has 1 aliphatic rings. The quantitative estimate of drug-likeness (QED) is 0.844. The molecule has 0 N–H and O–H groups in total. The standard InChI is InChI=1S/C16H22Cl2N2O/c1-19-8-4-3-5-13(19)11-20(2)16(21)10-12-6-7-14(17)15(18)9-12/h6-7,9,13H,3-5,8,10-11H2,1-2H3/t13-/m0/s1. The van der Waals surface area contributed by atoms with Gasteiger partial charge in [0.05, 0.1) is 16.5 Å². The molecule has 0 saturated carbocycles. The number of carbonyl (C=O) groups is 1. The third kappa shape index (κ3) is 4.60. The molecule has 0 aromatic heterocycles. The molecule has 0 unspecified atom stereocenters. The van der Waals surface area contributed by atoms with Gasteiger partial charge in [-0.2, -0.15) is 0 Å². The van der Waals surface area contributed by atoms with Gasteiger partial charge in [0, 0.05) is 19.6 Å². The van der Waals surface area contributed by atoms with E-state index in [0.29, 0.717) is 22.5 Å². The third-order valence-corrected chi connectivity index (χ3v) is 4.91. The van der Waals surface area contributed by atoms with Crippen LogP contribution in [-0.4, -0.2) is 48.9 Å². The first-order valence-corrected chi connectivity index (χ1v) is 8.11. The molecule has 1 heterocycles. The molecule has 1 aromatic carbocycles. The lowest BCUT2D eigenvalue weighted by Gasteiger charge is -2.35. The summed E-state index contributed by atoms with van der Waals surface area (Å²) in [5, 5.41) is 1.02. The van der Waals surface area contributed by atoms with Gasteiger partial charge in [0.25, 0.3) is 0 Å². The summed E-state index contributed by atoms with van der Waals surface area (Å²) in [7, 11) is 4.02. The van der Waals surface area contributed by atoms with Crippen molar-refractivity contribution in [3.05, 3.63) is 33.8 Å². The molecular weight excluding hydrogens is 307 g/mol. The molecule has 1 saturated heterocycles. The van der Waals surface area contributed by atoms with E-state index in [4.69, 9.17) is 23.2 Å². The second kappa shape index (κ2) is 7.48. The number of amides is 1. The highest BCUT2D eigenvalue weighted by atomic mass is 35.5. The zero-order chi connectivity index (χ0) is 15.4. The summed E-state index contributed by atoms with van der Waals surface area (Å²) >= 11 is 11.9. The molecule has 3 nitrogen and oxygen atoms in total. The Kier molecular flexibility index (Phi) is 5.91. The Bertz CT molecular complexity index is 507. The van der Waals surface area contributed by atoms with E-state index in [1.165, 1.54) is 19.3 Å². The van der Waals surface area contributed by atoms with Gasteiger partial charge in [0.2, 0.25) is 5.91 Å². The number of hydrogen-bond acceptors (Lipinski definition) is 2. The van der Waals surface area contributed by atoms with Crippen molar-refractivity contribution >= 4 is 29.1 Å². The van der Waals surface area contributed by atoms with Crippen molar-refractivity contribution in [1.82, 2.24) is 9.80 Å². The summed E-state index contributed by atoms with van der Waals surface area (Å²) in [6.07, 6.45) is 4.04. The van der Waals surface area contributed by atoms with Crippen molar-refractivity contribution < 1.29 is 4.79 Å². The van der Waals surface area contributed by atoms with Gasteiger partial charge >= 0.3 is 0 Å². The van der Waals surface area contributed by atoms with Gasteiger partial charge < -0.3 is 9.80 Å². The summed E-state index contributed by atoms with van der Waals surface area (Å²) in [5.74, 6) is 0.118. The number of carbonyl (C=O) groups excluding carboxylic acids is 1. The molecule has 0 radical (unpaired) electrons. The van der Waals surface area contributed by atoms with Crippen LogP contribution >= 0.6 is 23.2 Å². The van der Waals surface area contributed by atoms with Gasteiger partial charge in [-0.1, -0.05) is 35.7 Å². The number of nitrogens with zero attached hydrogens (tertiary/aromatic N) is 2. The Morgan fingerprint density at radius 2 is 2.10 bits per heavy atom. The molecule has 1 fully saturated rings. The minimum absolute atomic E-state index is 0.118. The smallest absolute Gasteiger partial charge is 0.226 e. The van der Waals surface area contributed by atoms with Gasteiger partial charge in [-0.15, -0.1) is 0 Å². The summed E-state index contributed by atoms with van der Waals surface area (Å²) in [6.45, 7) is 1.91. The number of benzene rings is 1. The van der Waals surface area contributed by atoms with E-state index in [0.717, 1.165) is 18.7 Å². The van der Waals surface area contributed by atoms with Crippen LogP contribution in [0.25, 0.3) is 0 Å². The van der Waals surface area contributed by atoms with Crippen molar-refractivity contribution in [1.29, 1.82) is 0 Å². The van der Waals surface area contributed by atoms with Crippen molar-refractivity contribution in [3.63, 3.8) is 0 Å².